The minimum absolute atomic E-state index is 0. The van der Waals surface area contributed by atoms with Crippen molar-refractivity contribution in [3.05, 3.63) is 29.8 Å². The van der Waals surface area contributed by atoms with E-state index in [1.54, 1.807) is 12.1 Å². The number of carbonyl (C=O) groups excluding carboxylic acids is 1. The average molecular weight is 204 g/mol. The number of para-hydroxylation sites is 1. The van der Waals surface area contributed by atoms with Crippen molar-refractivity contribution in [3.63, 3.8) is 0 Å². The highest BCUT2D eigenvalue weighted by Gasteiger charge is 2.10. The van der Waals surface area contributed by atoms with E-state index in [9.17, 15) is 9.59 Å². The standard InChI is InChI=1S/C9H8O4.Mg/c1-6(10)13-8-5-3-2-4-7(8)9(11)12;/h2-5H,1H3,(H,11,12);. The molecule has 0 aliphatic carbocycles. The summed E-state index contributed by atoms with van der Waals surface area (Å²) in [7, 11) is 0. The van der Waals surface area contributed by atoms with Crippen LogP contribution in [-0.2, 0) is 4.79 Å². The molecule has 0 spiro atoms. The molecule has 0 bridgehead atoms. The number of benzene rings is 1. The molecule has 0 aliphatic rings. The van der Waals surface area contributed by atoms with Gasteiger partial charge in [0, 0.05) is 30.0 Å². The number of ether oxygens (including phenoxy) is 1. The molecule has 0 unspecified atom stereocenters. The van der Waals surface area contributed by atoms with Crippen molar-refractivity contribution in [3.8, 4) is 5.75 Å². The van der Waals surface area contributed by atoms with Gasteiger partial charge in [-0.15, -0.1) is 0 Å². The van der Waals surface area contributed by atoms with Crippen LogP contribution in [0.25, 0.3) is 0 Å². The molecular formula is C9H8MgO4. The number of esters is 1. The van der Waals surface area contributed by atoms with Crippen molar-refractivity contribution in [1.82, 2.24) is 0 Å². The van der Waals surface area contributed by atoms with E-state index >= 15 is 0 Å². The molecule has 0 fully saturated rings. The lowest BCUT2D eigenvalue weighted by Gasteiger charge is -2.03. The Morgan fingerprint density at radius 3 is 2.36 bits per heavy atom. The molecule has 1 aromatic carbocycles. The number of rotatable bonds is 2. The summed E-state index contributed by atoms with van der Waals surface area (Å²) >= 11 is 0. The summed E-state index contributed by atoms with van der Waals surface area (Å²) in [4.78, 5) is 21.2. The zero-order chi connectivity index (χ0) is 9.84. The van der Waals surface area contributed by atoms with Crippen LogP contribution < -0.4 is 4.74 Å². The van der Waals surface area contributed by atoms with Crippen LogP contribution in [0.5, 0.6) is 5.75 Å². The summed E-state index contributed by atoms with van der Waals surface area (Å²) < 4.78 is 4.69. The van der Waals surface area contributed by atoms with Gasteiger partial charge in [0.25, 0.3) is 0 Å². The fourth-order valence-corrected chi connectivity index (χ4v) is 0.887. The molecule has 0 atom stereocenters. The van der Waals surface area contributed by atoms with E-state index in [0.29, 0.717) is 0 Å². The van der Waals surface area contributed by atoms with E-state index in [1.165, 1.54) is 19.1 Å². The van der Waals surface area contributed by atoms with E-state index in [0.717, 1.165) is 0 Å². The molecule has 0 saturated heterocycles. The van der Waals surface area contributed by atoms with Crippen LogP contribution in [0.2, 0.25) is 0 Å². The Balaban J connectivity index is 0.00000169. The Hall–Kier alpha value is -1.07. The maximum Gasteiger partial charge on any atom is 0.339 e. The highest BCUT2D eigenvalue weighted by Crippen LogP contribution is 2.17. The molecule has 0 aromatic heterocycles. The third kappa shape index (κ3) is 3.35. The summed E-state index contributed by atoms with van der Waals surface area (Å²) in [5.41, 5.74) is -0.0160. The fourth-order valence-electron chi connectivity index (χ4n) is 0.887. The van der Waals surface area contributed by atoms with Crippen LogP contribution in [0, 0.1) is 0 Å². The molecule has 14 heavy (non-hydrogen) atoms. The lowest BCUT2D eigenvalue weighted by molar-refractivity contribution is -0.131. The van der Waals surface area contributed by atoms with E-state index in [-0.39, 0.29) is 34.4 Å². The number of hydrogen-bond donors (Lipinski definition) is 1. The summed E-state index contributed by atoms with van der Waals surface area (Å²) in [6.45, 7) is 1.22. The molecule has 5 heteroatoms. The molecular weight excluding hydrogens is 196 g/mol. The Labute approximate surface area is 97.0 Å². The maximum atomic E-state index is 10.6. The van der Waals surface area contributed by atoms with Gasteiger partial charge in [0.15, 0.2) is 0 Å². The molecule has 0 saturated carbocycles. The first-order chi connectivity index (χ1) is 6.11. The zero-order valence-corrected chi connectivity index (χ0v) is 9.10. The smallest absolute Gasteiger partial charge is 0.339 e. The first-order valence-electron chi connectivity index (χ1n) is 3.62. The van der Waals surface area contributed by atoms with E-state index in [2.05, 4.69) is 4.74 Å². The van der Waals surface area contributed by atoms with Gasteiger partial charge in [0.2, 0.25) is 0 Å². The van der Waals surface area contributed by atoms with Crippen LogP contribution >= 0.6 is 0 Å². The van der Waals surface area contributed by atoms with Crippen LogP contribution in [0.3, 0.4) is 0 Å². The van der Waals surface area contributed by atoms with E-state index in [4.69, 9.17) is 5.11 Å². The minimum Gasteiger partial charge on any atom is -0.478 e. The predicted molar refractivity (Wildman–Crippen MR) is 50.5 cm³/mol. The third-order valence-electron chi connectivity index (χ3n) is 1.37. The molecule has 0 heterocycles. The topological polar surface area (TPSA) is 63.6 Å². The van der Waals surface area contributed by atoms with Crippen molar-refractivity contribution in [2.75, 3.05) is 0 Å². The number of carboxylic acid groups (broad SMARTS) is 1. The Kier molecular flexibility index (Phi) is 5.18. The van der Waals surface area contributed by atoms with Crippen LogP contribution in [0.4, 0.5) is 0 Å². The van der Waals surface area contributed by atoms with Gasteiger partial charge in [0.05, 0.1) is 0 Å². The lowest BCUT2D eigenvalue weighted by atomic mass is 10.2. The first-order valence-corrected chi connectivity index (χ1v) is 3.62. The molecule has 1 N–H and O–H groups in total. The molecule has 1 aromatic rings. The highest BCUT2D eigenvalue weighted by atomic mass is 24.3. The van der Waals surface area contributed by atoms with Crippen molar-refractivity contribution in [1.29, 1.82) is 0 Å². The Bertz CT molecular complexity index is 348. The minimum atomic E-state index is -1.11. The largest absolute Gasteiger partial charge is 0.478 e. The van der Waals surface area contributed by atoms with Gasteiger partial charge in [-0.2, -0.15) is 0 Å². The second kappa shape index (κ2) is 5.61. The number of hydrogen-bond acceptors (Lipinski definition) is 3. The molecule has 1 rings (SSSR count). The summed E-state index contributed by atoms with van der Waals surface area (Å²) in [6.07, 6.45) is 0. The normalized spacial score (nSPS) is 8.64. The van der Waals surface area contributed by atoms with Crippen LogP contribution in [-0.4, -0.2) is 40.1 Å². The van der Waals surface area contributed by atoms with E-state index in [1.807, 2.05) is 0 Å². The summed E-state index contributed by atoms with van der Waals surface area (Å²) in [6, 6.07) is 5.98. The quantitative estimate of drug-likeness (QED) is 0.442. The number of carboxylic acids is 1. The fraction of sp³-hybridized carbons (Fsp3) is 0.111. The Morgan fingerprint density at radius 2 is 1.86 bits per heavy atom. The molecule has 2 radical (unpaired) electrons. The van der Waals surface area contributed by atoms with Gasteiger partial charge >= 0.3 is 11.9 Å². The third-order valence-corrected chi connectivity index (χ3v) is 1.37. The van der Waals surface area contributed by atoms with Gasteiger partial charge in [-0.25, -0.2) is 4.79 Å². The SMILES string of the molecule is CC(=O)Oc1ccccc1C(=O)O.[Mg]. The zero-order valence-electron chi connectivity index (χ0n) is 7.69. The van der Waals surface area contributed by atoms with Gasteiger partial charge in [-0.1, -0.05) is 12.1 Å². The average Bonchev–Trinajstić information content (AvgIpc) is 2.03. The number of carbonyl (C=O) groups is 2. The van der Waals surface area contributed by atoms with Gasteiger partial charge in [-0.3, -0.25) is 4.79 Å². The molecule has 0 amide bonds. The van der Waals surface area contributed by atoms with Gasteiger partial charge in [0.1, 0.15) is 11.3 Å². The van der Waals surface area contributed by atoms with Gasteiger partial charge in [-0.05, 0) is 12.1 Å². The second-order valence-corrected chi connectivity index (χ2v) is 2.39. The molecule has 70 valence electrons. The second-order valence-electron chi connectivity index (χ2n) is 2.39. The molecule has 4 nitrogen and oxygen atoms in total. The van der Waals surface area contributed by atoms with Crippen molar-refractivity contribution < 1.29 is 19.4 Å². The van der Waals surface area contributed by atoms with E-state index < -0.39 is 11.9 Å². The van der Waals surface area contributed by atoms with Crippen LogP contribution in [0.15, 0.2) is 24.3 Å². The predicted octanol–water partition coefficient (Wildman–Crippen LogP) is 0.929. The van der Waals surface area contributed by atoms with Crippen molar-refractivity contribution in [2.24, 2.45) is 0 Å². The van der Waals surface area contributed by atoms with Crippen molar-refractivity contribution in [2.45, 2.75) is 6.92 Å². The monoisotopic (exact) mass is 204 g/mol. The first kappa shape index (κ1) is 12.9. The van der Waals surface area contributed by atoms with Crippen molar-refractivity contribution >= 4 is 35.0 Å². The Morgan fingerprint density at radius 1 is 1.29 bits per heavy atom. The summed E-state index contributed by atoms with van der Waals surface area (Å²) in [5, 5.41) is 8.69. The van der Waals surface area contributed by atoms with Crippen LogP contribution in [0.1, 0.15) is 17.3 Å². The lowest BCUT2D eigenvalue weighted by Crippen LogP contribution is -2.06. The maximum absolute atomic E-state index is 10.6. The number of aromatic carboxylic acids is 1. The summed E-state index contributed by atoms with van der Waals surface area (Å²) in [5.74, 6) is -1.58. The highest BCUT2D eigenvalue weighted by molar-refractivity contribution is 5.91. The van der Waals surface area contributed by atoms with Gasteiger partial charge < -0.3 is 9.84 Å². The molecule has 0 aliphatic heterocycles.